The van der Waals surface area contributed by atoms with E-state index >= 15 is 0 Å². The first kappa shape index (κ1) is 12.4. The SMILES string of the molecule is CNC1CCCC1CCOc1ccc(F)cc1. The number of halogens is 1. The third-order valence-electron chi connectivity index (χ3n) is 3.60. The standard InChI is InChI=1S/C14H20FNO/c1-16-14-4-2-3-11(14)9-10-17-13-7-5-12(15)6-8-13/h5-8,11,14,16H,2-4,9-10H2,1H3. The molecule has 0 bridgehead atoms. The van der Waals surface area contributed by atoms with Crippen molar-refractivity contribution in [3.8, 4) is 5.75 Å². The zero-order valence-corrected chi connectivity index (χ0v) is 10.3. The Kier molecular flexibility index (Phi) is 4.37. The molecule has 0 spiro atoms. The Morgan fingerprint density at radius 3 is 2.76 bits per heavy atom. The molecule has 1 aliphatic rings. The number of hydrogen-bond acceptors (Lipinski definition) is 2. The molecule has 17 heavy (non-hydrogen) atoms. The monoisotopic (exact) mass is 237 g/mol. The van der Waals surface area contributed by atoms with Crippen LogP contribution in [0, 0.1) is 11.7 Å². The topological polar surface area (TPSA) is 21.3 Å². The van der Waals surface area contributed by atoms with Crippen molar-refractivity contribution in [3.05, 3.63) is 30.1 Å². The molecule has 1 fully saturated rings. The van der Waals surface area contributed by atoms with Gasteiger partial charge in [0, 0.05) is 6.04 Å². The van der Waals surface area contributed by atoms with E-state index in [0.29, 0.717) is 12.6 Å². The van der Waals surface area contributed by atoms with Gasteiger partial charge in [0.2, 0.25) is 0 Å². The molecule has 1 saturated carbocycles. The second kappa shape index (κ2) is 6.01. The fraction of sp³-hybridized carbons (Fsp3) is 0.571. The quantitative estimate of drug-likeness (QED) is 0.850. The highest BCUT2D eigenvalue weighted by Crippen LogP contribution is 2.28. The van der Waals surface area contributed by atoms with Gasteiger partial charge in [0.15, 0.2) is 0 Å². The van der Waals surface area contributed by atoms with E-state index in [4.69, 9.17) is 4.74 Å². The maximum atomic E-state index is 12.7. The first-order valence-corrected chi connectivity index (χ1v) is 6.35. The van der Waals surface area contributed by atoms with Gasteiger partial charge in [0.25, 0.3) is 0 Å². The van der Waals surface area contributed by atoms with Crippen molar-refractivity contribution in [1.82, 2.24) is 5.32 Å². The van der Waals surface area contributed by atoms with Gasteiger partial charge in [-0.25, -0.2) is 4.39 Å². The summed E-state index contributed by atoms with van der Waals surface area (Å²) in [6, 6.07) is 6.87. The van der Waals surface area contributed by atoms with Crippen molar-refractivity contribution in [1.29, 1.82) is 0 Å². The fourth-order valence-corrected chi connectivity index (χ4v) is 2.62. The smallest absolute Gasteiger partial charge is 0.123 e. The molecule has 1 aromatic carbocycles. The van der Waals surface area contributed by atoms with E-state index in [1.165, 1.54) is 31.4 Å². The van der Waals surface area contributed by atoms with Crippen molar-refractivity contribution in [3.63, 3.8) is 0 Å². The Morgan fingerprint density at radius 1 is 1.29 bits per heavy atom. The van der Waals surface area contributed by atoms with Crippen LogP contribution in [0.3, 0.4) is 0 Å². The summed E-state index contributed by atoms with van der Waals surface area (Å²) in [7, 11) is 2.03. The lowest BCUT2D eigenvalue weighted by Crippen LogP contribution is -2.29. The lowest BCUT2D eigenvalue weighted by molar-refractivity contribution is 0.263. The molecule has 2 rings (SSSR count). The van der Waals surface area contributed by atoms with Crippen molar-refractivity contribution < 1.29 is 9.13 Å². The van der Waals surface area contributed by atoms with E-state index < -0.39 is 0 Å². The number of rotatable bonds is 5. The fourth-order valence-electron chi connectivity index (χ4n) is 2.62. The van der Waals surface area contributed by atoms with Crippen LogP contribution in [-0.4, -0.2) is 19.7 Å². The van der Waals surface area contributed by atoms with E-state index in [1.807, 2.05) is 7.05 Å². The normalized spacial score (nSPS) is 23.9. The molecule has 0 aromatic heterocycles. The van der Waals surface area contributed by atoms with Crippen molar-refractivity contribution >= 4 is 0 Å². The number of benzene rings is 1. The summed E-state index contributed by atoms with van der Waals surface area (Å²) < 4.78 is 18.3. The summed E-state index contributed by atoms with van der Waals surface area (Å²) >= 11 is 0. The molecule has 3 heteroatoms. The van der Waals surface area contributed by atoms with E-state index in [1.54, 1.807) is 12.1 Å². The second-order valence-electron chi connectivity index (χ2n) is 4.68. The summed E-state index contributed by atoms with van der Waals surface area (Å²) in [5, 5.41) is 3.36. The molecule has 94 valence electrons. The van der Waals surface area contributed by atoms with Crippen LogP contribution in [0.4, 0.5) is 4.39 Å². The van der Waals surface area contributed by atoms with E-state index in [9.17, 15) is 4.39 Å². The van der Waals surface area contributed by atoms with Gasteiger partial charge in [0.05, 0.1) is 6.61 Å². The van der Waals surface area contributed by atoms with Crippen molar-refractivity contribution in [2.24, 2.45) is 5.92 Å². The van der Waals surface area contributed by atoms with Gasteiger partial charge in [-0.3, -0.25) is 0 Å². The molecule has 0 aliphatic heterocycles. The molecule has 1 N–H and O–H groups in total. The van der Waals surface area contributed by atoms with E-state index in [0.717, 1.165) is 18.1 Å². The van der Waals surface area contributed by atoms with Gasteiger partial charge < -0.3 is 10.1 Å². The third kappa shape index (κ3) is 3.43. The Hall–Kier alpha value is -1.09. The largest absolute Gasteiger partial charge is 0.494 e. The third-order valence-corrected chi connectivity index (χ3v) is 3.60. The number of ether oxygens (including phenoxy) is 1. The predicted octanol–water partition coefficient (Wildman–Crippen LogP) is 2.98. The van der Waals surface area contributed by atoms with E-state index in [2.05, 4.69) is 5.32 Å². The molecule has 2 unspecified atom stereocenters. The minimum Gasteiger partial charge on any atom is -0.494 e. The van der Waals surface area contributed by atoms with Gasteiger partial charge >= 0.3 is 0 Å². The molecule has 2 nitrogen and oxygen atoms in total. The molecular formula is C14H20FNO. The lowest BCUT2D eigenvalue weighted by Gasteiger charge is -2.18. The Labute approximate surface area is 102 Å². The zero-order chi connectivity index (χ0) is 12.1. The van der Waals surface area contributed by atoms with Crippen LogP contribution in [0.15, 0.2) is 24.3 Å². The minimum atomic E-state index is -0.219. The van der Waals surface area contributed by atoms with Gasteiger partial charge in [0.1, 0.15) is 11.6 Å². The first-order valence-electron chi connectivity index (χ1n) is 6.35. The van der Waals surface area contributed by atoms with Crippen LogP contribution < -0.4 is 10.1 Å². The number of hydrogen-bond donors (Lipinski definition) is 1. The molecule has 1 aromatic rings. The summed E-state index contributed by atoms with van der Waals surface area (Å²) in [4.78, 5) is 0. The maximum absolute atomic E-state index is 12.7. The predicted molar refractivity (Wildman–Crippen MR) is 66.7 cm³/mol. The molecule has 0 amide bonds. The molecule has 0 heterocycles. The van der Waals surface area contributed by atoms with Crippen molar-refractivity contribution in [2.75, 3.05) is 13.7 Å². The van der Waals surface area contributed by atoms with Crippen LogP contribution in [0.1, 0.15) is 25.7 Å². The lowest BCUT2D eigenvalue weighted by atomic mass is 10.0. The summed E-state index contributed by atoms with van der Waals surface area (Å²) in [6.45, 7) is 0.717. The second-order valence-corrected chi connectivity index (χ2v) is 4.68. The Bertz CT molecular complexity index is 339. The number of nitrogens with one attached hydrogen (secondary N) is 1. The average Bonchev–Trinajstić information content (AvgIpc) is 2.79. The highest BCUT2D eigenvalue weighted by Gasteiger charge is 2.25. The zero-order valence-electron chi connectivity index (χ0n) is 10.3. The molecule has 2 atom stereocenters. The molecule has 0 saturated heterocycles. The van der Waals surface area contributed by atoms with Gasteiger partial charge in [-0.1, -0.05) is 6.42 Å². The van der Waals surface area contributed by atoms with Crippen LogP contribution in [0.2, 0.25) is 0 Å². The van der Waals surface area contributed by atoms with Gasteiger partial charge in [-0.2, -0.15) is 0 Å². The van der Waals surface area contributed by atoms with Crippen LogP contribution >= 0.6 is 0 Å². The minimum absolute atomic E-state index is 0.219. The maximum Gasteiger partial charge on any atom is 0.123 e. The van der Waals surface area contributed by atoms with Crippen LogP contribution in [0.25, 0.3) is 0 Å². The van der Waals surface area contributed by atoms with Gasteiger partial charge in [-0.05, 0) is 56.5 Å². The highest BCUT2D eigenvalue weighted by molar-refractivity contribution is 5.21. The molecule has 1 aliphatic carbocycles. The average molecular weight is 237 g/mol. The Balaban J connectivity index is 1.74. The summed E-state index contributed by atoms with van der Waals surface area (Å²) in [6.07, 6.45) is 4.95. The van der Waals surface area contributed by atoms with Crippen molar-refractivity contribution in [2.45, 2.75) is 31.7 Å². The first-order chi connectivity index (χ1) is 8.29. The van der Waals surface area contributed by atoms with Gasteiger partial charge in [-0.15, -0.1) is 0 Å². The summed E-state index contributed by atoms with van der Waals surface area (Å²) in [5.41, 5.74) is 0. The molecule has 0 radical (unpaired) electrons. The molecular weight excluding hydrogens is 217 g/mol. The highest BCUT2D eigenvalue weighted by atomic mass is 19.1. The van der Waals surface area contributed by atoms with E-state index in [-0.39, 0.29) is 5.82 Å². The summed E-state index contributed by atoms with van der Waals surface area (Å²) in [5.74, 6) is 1.26. The van der Waals surface area contributed by atoms with Crippen LogP contribution in [-0.2, 0) is 0 Å². The Morgan fingerprint density at radius 2 is 2.06 bits per heavy atom. The van der Waals surface area contributed by atoms with Crippen LogP contribution in [0.5, 0.6) is 5.75 Å².